The van der Waals surface area contributed by atoms with E-state index in [0.717, 1.165) is 17.7 Å². The van der Waals surface area contributed by atoms with Crippen molar-refractivity contribution in [2.45, 2.75) is 44.4 Å². The van der Waals surface area contributed by atoms with Crippen LogP contribution < -0.4 is 0 Å². The number of aryl methyl sites for hydroxylation is 2. The Kier molecular flexibility index (Phi) is 3.41. The van der Waals surface area contributed by atoms with Crippen molar-refractivity contribution in [1.82, 2.24) is 4.90 Å². The Balaban J connectivity index is 1.83. The number of hydrogen-bond acceptors (Lipinski definition) is 4. The minimum atomic E-state index is -3.05. The molecule has 0 spiro atoms. The first-order valence-corrected chi connectivity index (χ1v) is 9.57. The summed E-state index contributed by atoms with van der Waals surface area (Å²) in [6.45, 7) is 3.85. The summed E-state index contributed by atoms with van der Waals surface area (Å²) in [7, 11) is -3.05. The van der Waals surface area contributed by atoms with Crippen LogP contribution in [0, 0.1) is 0 Å². The second kappa shape index (κ2) is 4.84. The molecule has 0 N–H and O–H groups in total. The molecule has 0 bridgehead atoms. The van der Waals surface area contributed by atoms with Crippen LogP contribution in [0.5, 0.6) is 0 Å². The Morgan fingerprint density at radius 2 is 2.10 bits per heavy atom. The molecule has 2 aliphatic rings. The van der Waals surface area contributed by atoms with E-state index in [1.165, 1.54) is 16.9 Å². The van der Waals surface area contributed by atoms with Crippen molar-refractivity contribution in [1.29, 1.82) is 0 Å². The summed E-state index contributed by atoms with van der Waals surface area (Å²) >= 11 is 1.59. The Morgan fingerprint density at radius 1 is 1.35 bits per heavy atom. The minimum Gasteiger partial charge on any atom is -0.333 e. The normalized spacial score (nSPS) is 28.4. The lowest BCUT2D eigenvalue weighted by Gasteiger charge is -2.37. The van der Waals surface area contributed by atoms with E-state index in [-0.39, 0.29) is 17.7 Å². The van der Waals surface area contributed by atoms with E-state index >= 15 is 0 Å². The molecule has 0 unspecified atom stereocenters. The predicted octanol–water partition coefficient (Wildman–Crippen LogP) is 1.88. The van der Waals surface area contributed by atoms with Crippen LogP contribution in [0.15, 0.2) is 6.07 Å². The van der Waals surface area contributed by atoms with Crippen LogP contribution in [-0.2, 0) is 22.7 Å². The first-order valence-electron chi connectivity index (χ1n) is 7.04. The summed E-state index contributed by atoms with van der Waals surface area (Å²) in [6, 6.07) is 1.76. The van der Waals surface area contributed by atoms with Crippen molar-refractivity contribution in [3.05, 3.63) is 21.4 Å². The molecule has 110 valence electrons. The van der Waals surface area contributed by atoms with Crippen molar-refractivity contribution in [3.8, 4) is 0 Å². The molecule has 0 saturated carbocycles. The highest BCUT2D eigenvalue weighted by molar-refractivity contribution is 7.92. The van der Waals surface area contributed by atoms with E-state index in [4.69, 9.17) is 0 Å². The van der Waals surface area contributed by atoms with Gasteiger partial charge in [0.2, 0.25) is 0 Å². The molecule has 2 atom stereocenters. The molecule has 0 aromatic carbocycles. The Labute approximate surface area is 123 Å². The average Bonchev–Trinajstić information content (AvgIpc) is 2.96. The molecule has 6 heteroatoms. The number of carbonyl (C=O) groups excluding carboxylic acids is 1. The number of rotatable bonds is 1. The number of nitrogens with zero attached hydrogens (tertiary/aromatic N) is 1. The fourth-order valence-electron chi connectivity index (χ4n) is 3.03. The third-order valence-corrected chi connectivity index (χ3v) is 8.08. The fraction of sp³-hybridized carbons (Fsp3) is 0.643. The highest BCUT2D eigenvalue weighted by Crippen LogP contribution is 2.32. The van der Waals surface area contributed by atoms with Crippen molar-refractivity contribution in [2.24, 2.45) is 0 Å². The van der Waals surface area contributed by atoms with Crippen LogP contribution in [0.1, 0.15) is 40.4 Å². The smallest absolute Gasteiger partial charge is 0.264 e. The number of carbonyl (C=O) groups is 1. The molecule has 1 aliphatic carbocycles. The SMILES string of the molecule is C[C@@H]1[C@H](C)N(C(=O)c2cc3c(s2)CCC3)CCS1(=O)=O. The molecule has 4 nitrogen and oxygen atoms in total. The van der Waals surface area contributed by atoms with Crippen molar-refractivity contribution < 1.29 is 13.2 Å². The van der Waals surface area contributed by atoms with Gasteiger partial charge in [0, 0.05) is 17.5 Å². The molecule has 1 aliphatic heterocycles. The Hall–Kier alpha value is -0.880. The van der Waals surface area contributed by atoms with E-state index in [2.05, 4.69) is 0 Å². The summed E-state index contributed by atoms with van der Waals surface area (Å²) < 4.78 is 23.7. The highest BCUT2D eigenvalue weighted by atomic mass is 32.2. The lowest BCUT2D eigenvalue weighted by Crippen LogP contribution is -2.54. The maximum absolute atomic E-state index is 12.6. The standard InChI is InChI=1S/C14H19NO3S2/c1-9-10(2)20(17,18)7-6-15(9)14(16)13-8-11-4-3-5-12(11)19-13/h8-10H,3-7H2,1-2H3/t9-,10+/m0/s1. The second-order valence-corrected chi connectivity index (χ2v) is 9.34. The van der Waals surface area contributed by atoms with Crippen LogP contribution >= 0.6 is 11.3 Å². The molecule has 1 fully saturated rings. The number of amides is 1. The van der Waals surface area contributed by atoms with Crippen LogP contribution in [-0.4, -0.2) is 42.8 Å². The van der Waals surface area contributed by atoms with E-state index in [0.29, 0.717) is 6.54 Å². The zero-order chi connectivity index (χ0) is 14.5. The van der Waals surface area contributed by atoms with Crippen molar-refractivity contribution in [3.63, 3.8) is 0 Å². The molecule has 2 heterocycles. The Bertz CT molecular complexity index is 626. The second-order valence-electron chi connectivity index (χ2n) is 5.72. The quantitative estimate of drug-likeness (QED) is 0.795. The van der Waals surface area contributed by atoms with Gasteiger partial charge in [-0.2, -0.15) is 0 Å². The molecule has 1 saturated heterocycles. The van der Waals surface area contributed by atoms with Gasteiger partial charge in [-0.1, -0.05) is 0 Å². The molecule has 1 aromatic heterocycles. The van der Waals surface area contributed by atoms with Gasteiger partial charge in [0.15, 0.2) is 9.84 Å². The van der Waals surface area contributed by atoms with Gasteiger partial charge < -0.3 is 4.90 Å². The fourth-order valence-corrected chi connectivity index (χ4v) is 5.81. The highest BCUT2D eigenvalue weighted by Gasteiger charge is 2.38. The van der Waals surface area contributed by atoms with E-state index < -0.39 is 15.1 Å². The first kappa shape index (κ1) is 14.1. The summed E-state index contributed by atoms with van der Waals surface area (Å²) in [5, 5.41) is -0.480. The van der Waals surface area contributed by atoms with Gasteiger partial charge in [0.25, 0.3) is 5.91 Å². The molecule has 3 rings (SSSR count). The minimum absolute atomic E-state index is 0.00125. The first-order chi connectivity index (χ1) is 9.40. The number of thiophene rings is 1. The third kappa shape index (κ3) is 2.19. The van der Waals surface area contributed by atoms with Gasteiger partial charge in [-0.3, -0.25) is 4.79 Å². The maximum Gasteiger partial charge on any atom is 0.264 e. The van der Waals surface area contributed by atoms with Gasteiger partial charge in [0.1, 0.15) is 0 Å². The number of fused-ring (bicyclic) bond motifs is 1. The van der Waals surface area contributed by atoms with Crippen LogP contribution in [0.25, 0.3) is 0 Å². The summed E-state index contributed by atoms with van der Waals surface area (Å²) in [4.78, 5) is 16.4. The van der Waals surface area contributed by atoms with Gasteiger partial charge in [-0.25, -0.2) is 8.42 Å². The van der Waals surface area contributed by atoms with Crippen molar-refractivity contribution >= 4 is 27.1 Å². The van der Waals surface area contributed by atoms with Crippen molar-refractivity contribution in [2.75, 3.05) is 12.3 Å². The topological polar surface area (TPSA) is 54.5 Å². The zero-order valence-electron chi connectivity index (χ0n) is 11.8. The van der Waals surface area contributed by atoms with E-state index in [9.17, 15) is 13.2 Å². The largest absolute Gasteiger partial charge is 0.333 e. The predicted molar refractivity (Wildman–Crippen MR) is 80.1 cm³/mol. The molecular formula is C14H19NO3S2. The van der Waals surface area contributed by atoms with Crippen LogP contribution in [0.3, 0.4) is 0 Å². The monoisotopic (exact) mass is 313 g/mol. The number of hydrogen-bond donors (Lipinski definition) is 0. The molecule has 20 heavy (non-hydrogen) atoms. The van der Waals surface area contributed by atoms with E-state index in [1.54, 1.807) is 23.2 Å². The van der Waals surface area contributed by atoms with Gasteiger partial charge in [0.05, 0.1) is 15.9 Å². The van der Waals surface area contributed by atoms with Gasteiger partial charge in [-0.15, -0.1) is 11.3 Å². The maximum atomic E-state index is 12.6. The van der Waals surface area contributed by atoms with E-state index in [1.807, 2.05) is 13.0 Å². The average molecular weight is 313 g/mol. The number of sulfone groups is 1. The summed E-state index contributed by atoms with van der Waals surface area (Å²) in [5.41, 5.74) is 1.31. The van der Waals surface area contributed by atoms with Crippen LogP contribution in [0.4, 0.5) is 0 Å². The van der Waals surface area contributed by atoms with Gasteiger partial charge >= 0.3 is 0 Å². The molecular weight excluding hydrogens is 294 g/mol. The Morgan fingerprint density at radius 3 is 2.80 bits per heavy atom. The molecule has 1 aromatic rings. The molecule has 0 radical (unpaired) electrons. The summed E-state index contributed by atoms with van der Waals surface area (Å²) in [6.07, 6.45) is 3.33. The summed E-state index contributed by atoms with van der Waals surface area (Å²) in [5.74, 6) is 0.0775. The zero-order valence-corrected chi connectivity index (χ0v) is 13.4. The third-order valence-electron chi connectivity index (χ3n) is 4.57. The lowest BCUT2D eigenvalue weighted by atomic mass is 10.2. The van der Waals surface area contributed by atoms with Gasteiger partial charge in [-0.05, 0) is 44.7 Å². The lowest BCUT2D eigenvalue weighted by molar-refractivity contribution is 0.0698. The molecule has 1 amide bonds. The van der Waals surface area contributed by atoms with Crippen LogP contribution in [0.2, 0.25) is 0 Å².